The van der Waals surface area contributed by atoms with E-state index < -0.39 is 0 Å². The van der Waals surface area contributed by atoms with Crippen molar-refractivity contribution >= 4 is 26.0 Å². The van der Waals surface area contributed by atoms with Crippen molar-refractivity contribution in [3.8, 4) is 0 Å². The zero-order valence-corrected chi connectivity index (χ0v) is 18.5. The van der Waals surface area contributed by atoms with Crippen LogP contribution in [0.4, 0.5) is 0 Å². The Kier molecular flexibility index (Phi) is 6.59. The SMILES string of the molecule is C=C1C=C(C2=CC(C)=CPC2)N=C(c2cc(CNC(=C)C(C)C)ccc2Cl)N1. The van der Waals surface area contributed by atoms with Gasteiger partial charge in [0, 0.05) is 23.5 Å². The summed E-state index contributed by atoms with van der Waals surface area (Å²) in [7, 11) is 0.795. The van der Waals surface area contributed by atoms with E-state index in [1.807, 2.05) is 18.2 Å². The van der Waals surface area contributed by atoms with Gasteiger partial charge in [0.1, 0.15) is 5.84 Å². The molecule has 1 atom stereocenters. The number of amidine groups is 1. The van der Waals surface area contributed by atoms with E-state index >= 15 is 0 Å². The van der Waals surface area contributed by atoms with Gasteiger partial charge in [-0.1, -0.05) is 70.7 Å². The Morgan fingerprint density at radius 1 is 1.36 bits per heavy atom. The van der Waals surface area contributed by atoms with Gasteiger partial charge < -0.3 is 10.6 Å². The van der Waals surface area contributed by atoms with Gasteiger partial charge in [-0.25, -0.2) is 4.99 Å². The van der Waals surface area contributed by atoms with E-state index in [-0.39, 0.29) is 0 Å². The average Bonchev–Trinajstić information content (AvgIpc) is 2.66. The van der Waals surface area contributed by atoms with Crippen LogP contribution in [0.15, 0.2) is 82.6 Å². The van der Waals surface area contributed by atoms with Crippen LogP contribution in [0.5, 0.6) is 0 Å². The van der Waals surface area contributed by atoms with Crippen LogP contribution in [-0.2, 0) is 6.54 Å². The predicted molar refractivity (Wildman–Crippen MR) is 124 cm³/mol. The number of aliphatic imine (C=N–C) groups is 1. The zero-order valence-electron chi connectivity index (χ0n) is 16.7. The molecule has 0 fully saturated rings. The molecule has 0 aromatic heterocycles. The van der Waals surface area contributed by atoms with E-state index in [4.69, 9.17) is 16.6 Å². The number of hydrogen-bond acceptors (Lipinski definition) is 3. The van der Waals surface area contributed by atoms with Gasteiger partial charge in [-0.05, 0) is 48.3 Å². The summed E-state index contributed by atoms with van der Waals surface area (Å²) in [5.74, 6) is 3.42. The molecule has 3 nitrogen and oxygen atoms in total. The van der Waals surface area contributed by atoms with Crippen LogP contribution in [0.1, 0.15) is 31.9 Å². The molecule has 0 amide bonds. The Bertz CT molecular complexity index is 935. The van der Waals surface area contributed by atoms with Gasteiger partial charge in [0.25, 0.3) is 0 Å². The second-order valence-corrected chi connectivity index (χ2v) is 8.88. The maximum Gasteiger partial charge on any atom is 0.139 e. The van der Waals surface area contributed by atoms with Crippen molar-refractivity contribution in [3.05, 3.63) is 93.7 Å². The quantitative estimate of drug-likeness (QED) is 0.574. The lowest BCUT2D eigenvalue weighted by atomic mass is 10.1. The molecule has 3 rings (SSSR count). The molecule has 1 aromatic carbocycles. The first-order valence-electron chi connectivity index (χ1n) is 9.42. The van der Waals surface area contributed by atoms with Crippen molar-refractivity contribution in [1.29, 1.82) is 0 Å². The van der Waals surface area contributed by atoms with Crippen LogP contribution in [-0.4, -0.2) is 12.0 Å². The van der Waals surface area contributed by atoms with Crippen molar-refractivity contribution in [3.63, 3.8) is 0 Å². The third-order valence-corrected chi connectivity index (χ3v) is 6.25. The van der Waals surface area contributed by atoms with E-state index in [0.29, 0.717) is 17.5 Å². The number of nitrogens with one attached hydrogen (secondary N) is 2. The minimum Gasteiger partial charge on any atom is -0.385 e. The standard InChI is InChI=1S/C23H27ClN3P/c1-14(2)17(5)25-11-18-6-7-21(24)20(10-18)23-26-16(4)9-22(27-23)19-8-15(3)12-28-13-19/h6-10,12,14,25,28H,4-5,11,13H2,1-3H3,(H,26,27). The number of nitrogens with zero attached hydrogens (tertiary/aromatic N) is 1. The van der Waals surface area contributed by atoms with E-state index in [1.165, 1.54) is 11.1 Å². The Hall–Kier alpha value is -2.09. The molecule has 0 saturated heterocycles. The van der Waals surface area contributed by atoms with Crippen molar-refractivity contribution < 1.29 is 0 Å². The van der Waals surface area contributed by atoms with E-state index in [2.05, 4.69) is 62.5 Å². The highest BCUT2D eigenvalue weighted by Gasteiger charge is 2.18. The van der Waals surface area contributed by atoms with Crippen LogP contribution in [0, 0.1) is 5.92 Å². The second-order valence-electron chi connectivity index (χ2n) is 7.43. The number of hydrogen-bond donors (Lipinski definition) is 2. The van der Waals surface area contributed by atoms with E-state index in [1.54, 1.807) is 0 Å². The summed E-state index contributed by atoms with van der Waals surface area (Å²) in [5.41, 5.74) is 7.37. The summed E-state index contributed by atoms with van der Waals surface area (Å²) in [6, 6.07) is 6.03. The van der Waals surface area contributed by atoms with Crippen molar-refractivity contribution in [2.24, 2.45) is 10.9 Å². The third-order valence-electron chi connectivity index (χ3n) is 4.68. The van der Waals surface area contributed by atoms with Gasteiger partial charge >= 0.3 is 0 Å². The number of rotatable bonds is 6. The Balaban J connectivity index is 1.88. The fraction of sp³-hybridized carbons (Fsp3) is 0.261. The molecule has 2 aliphatic heterocycles. The molecule has 0 saturated carbocycles. The summed E-state index contributed by atoms with van der Waals surface area (Å²) in [6.45, 7) is 15.3. The minimum absolute atomic E-state index is 0.397. The molecule has 2 N–H and O–H groups in total. The lowest BCUT2D eigenvalue weighted by Crippen LogP contribution is -2.27. The summed E-state index contributed by atoms with van der Waals surface area (Å²) in [5, 5.41) is 7.33. The molecule has 146 valence electrons. The first kappa shape index (κ1) is 20.6. The maximum atomic E-state index is 6.52. The molecule has 5 heteroatoms. The molecule has 0 spiro atoms. The molecule has 2 heterocycles. The fourth-order valence-electron chi connectivity index (χ4n) is 2.96. The predicted octanol–water partition coefficient (Wildman–Crippen LogP) is 5.87. The zero-order chi connectivity index (χ0) is 20.3. The van der Waals surface area contributed by atoms with Crippen molar-refractivity contribution in [1.82, 2.24) is 10.6 Å². The van der Waals surface area contributed by atoms with Crippen LogP contribution in [0.25, 0.3) is 0 Å². The van der Waals surface area contributed by atoms with Crippen LogP contribution in [0.3, 0.4) is 0 Å². The van der Waals surface area contributed by atoms with Gasteiger partial charge in [-0.3, -0.25) is 0 Å². The third kappa shape index (κ3) is 5.04. The van der Waals surface area contributed by atoms with E-state index in [0.717, 1.165) is 48.8 Å². The largest absolute Gasteiger partial charge is 0.385 e. The van der Waals surface area contributed by atoms with E-state index in [9.17, 15) is 0 Å². The maximum absolute atomic E-state index is 6.52. The lowest BCUT2D eigenvalue weighted by molar-refractivity contribution is 0.656. The normalized spacial score (nSPS) is 17.5. The van der Waals surface area contributed by atoms with Gasteiger partial charge in [0.05, 0.1) is 10.7 Å². The molecule has 2 aliphatic rings. The summed E-state index contributed by atoms with van der Waals surface area (Å²) in [4.78, 5) is 4.88. The Morgan fingerprint density at radius 2 is 2.14 bits per heavy atom. The molecule has 28 heavy (non-hydrogen) atoms. The van der Waals surface area contributed by atoms with Crippen molar-refractivity contribution in [2.75, 3.05) is 6.16 Å². The number of allylic oxidation sites excluding steroid dienone is 5. The first-order valence-corrected chi connectivity index (χ1v) is 11.1. The van der Waals surface area contributed by atoms with Crippen LogP contribution in [0.2, 0.25) is 5.02 Å². The van der Waals surface area contributed by atoms with Gasteiger partial charge in [0.15, 0.2) is 0 Å². The van der Waals surface area contributed by atoms with Crippen LogP contribution < -0.4 is 10.6 Å². The highest BCUT2D eigenvalue weighted by atomic mass is 35.5. The molecule has 0 bridgehead atoms. The number of halogens is 1. The van der Waals surface area contributed by atoms with Crippen molar-refractivity contribution in [2.45, 2.75) is 27.3 Å². The molecular formula is C23H27ClN3P. The summed E-state index contributed by atoms with van der Waals surface area (Å²) < 4.78 is 0. The molecule has 1 unspecified atom stereocenters. The molecule has 0 aliphatic carbocycles. The number of benzene rings is 1. The Labute approximate surface area is 174 Å². The molecule has 0 radical (unpaired) electrons. The lowest BCUT2D eigenvalue weighted by Gasteiger charge is -2.21. The topological polar surface area (TPSA) is 36.4 Å². The highest BCUT2D eigenvalue weighted by Crippen LogP contribution is 2.32. The summed E-state index contributed by atoms with van der Waals surface area (Å²) >= 11 is 6.52. The fourth-order valence-corrected chi connectivity index (χ4v) is 4.18. The minimum atomic E-state index is 0.397. The molecule has 1 aromatic rings. The average molecular weight is 412 g/mol. The van der Waals surface area contributed by atoms with Gasteiger partial charge in [-0.2, -0.15) is 0 Å². The van der Waals surface area contributed by atoms with Crippen LogP contribution >= 0.6 is 20.2 Å². The first-order chi connectivity index (χ1) is 13.3. The highest BCUT2D eigenvalue weighted by molar-refractivity contribution is 7.42. The smallest absolute Gasteiger partial charge is 0.139 e. The second kappa shape index (κ2) is 8.94. The monoisotopic (exact) mass is 411 g/mol. The Morgan fingerprint density at radius 3 is 2.86 bits per heavy atom. The van der Waals surface area contributed by atoms with Gasteiger partial charge in [-0.15, -0.1) is 0 Å². The molecular weight excluding hydrogens is 385 g/mol. The van der Waals surface area contributed by atoms with Gasteiger partial charge in [0.2, 0.25) is 0 Å². The summed E-state index contributed by atoms with van der Waals surface area (Å²) in [6.07, 6.45) is 5.23.